The molecule has 2 bridgehead atoms. The number of rotatable bonds is 26. The highest BCUT2D eigenvalue weighted by Gasteiger charge is 2.47. The highest BCUT2D eigenvalue weighted by atomic mass is 33.1. The third kappa shape index (κ3) is 17.1. The van der Waals surface area contributed by atoms with E-state index in [1.807, 2.05) is 32.0 Å². The topological polar surface area (TPSA) is 347 Å². The average molecular weight is 1330 g/mol. The van der Waals surface area contributed by atoms with Crippen molar-refractivity contribution in [2.24, 2.45) is 5.92 Å². The first-order valence-corrected chi connectivity index (χ1v) is 35.6. The quantitative estimate of drug-likeness (QED) is 0.0182. The summed E-state index contributed by atoms with van der Waals surface area (Å²) in [7, 11) is -7.55. The number of hydrogen-bond acceptors (Lipinski definition) is 24. The maximum atomic E-state index is 14.7. The first kappa shape index (κ1) is 67.6. The van der Waals surface area contributed by atoms with Gasteiger partial charge in [0, 0.05) is 99.9 Å². The molecule has 1 saturated carbocycles. The molecule has 7 heterocycles. The highest BCUT2D eigenvalue weighted by Crippen LogP contribution is 2.42. The van der Waals surface area contributed by atoms with Crippen molar-refractivity contribution >= 4 is 62.6 Å². The Morgan fingerprint density at radius 2 is 1.61 bits per heavy atom. The van der Waals surface area contributed by atoms with Crippen LogP contribution in [0.15, 0.2) is 83.5 Å². The van der Waals surface area contributed by atoms with Gasteiger partial charge in [-0.2, -0.15) is 5.26 Å². The summed E-state index contributed by atoms with van der Waals surface area (Å²) in [5.41, 5.74) is 10.5. The predicted molar refractivity (Wildman–Crippen MR) is 339 cm³/mol. The molecule has 3 aromatic heterocycles. The van der Waals surface area contributed by atoms with E-state index in [4.69, 9.17) is 48.5 Å². The molecule has 4 unspecified atom stereocenters. The van der Waals surface area contributed by atoms with Gasteiger partial charge in [-0.15, -0.1) is 10.2 Å². The van der Waals surface area contributed by atoms with Crippen molar-refractivity contribution in [3.05, 3.63) is 95.9 Å². The van der Waals surface area contributed by atoms with Crippen LogP contribution in [0, 0.1) is 17.2 Å². The Morgan fingerprint density at radius 1 is 0.891 bits per heavy atom. The third-order valence-electron chi connectivity index (χ3n) is 17.5. The number of ether oxygens (including phenoxy) is 6. The van der Waals surface area contributed by atoms with Gasteiger partial charge in [-0.05, 0) is 117 Å². The van der Waals surface area contributed by atoms with Gasteiger partial charge in [0.25, 0.3) is 5.88 Å². The lowest BCUT2D eigenvalue weighted by atomic mass is 9.91. The van der Waals surface area contributed by atoms with Gasteiger partial charge in [0.15, 0.2) is 27.2 Å². The standard InChI is InChI=1S/C62H80N11O16PS2/c1-37(2)57(60(75)72-35-48(88-61(76)85-39(4)62(5,6)91-92(7,80)81)29-52(72)59(74)66-38(3)41-14-12-40(32-63)13-15-41)54-31-56(69-89-54)82-25-24-70-22-19-45(20-23-70)86-46-27-47(28-46)87-55-26-42(18-21-65-55)73-43-16-17-44(73)34-71(33-43)51-30-50(67-68-58(51)64)49-10-8-9-11-53(49)83-36-84-90(77,78)79/h8-15,18,21,26,30-31,37-39,43-48,52,57H,16-17,19-20,22-25,27-29,33-36H2,1-7H3,(H2,64,68)(H,66,74)(H2,77,78,79)/t38-,39?,43?,44?,46-,47-,48+,52-,57?/m0/s1. The molecule has 5 N–H and O–H groups in total. The molecule has 0 radical (unpaired) electrons. The molecule has 5 aliphatic rings. The van der Waals surface area contributed by atoms with Crippen molar-refractivity contribution in [2.45, 2.75) is 152 Å². The summed E-state index contributed by atoms with van der Waals surface area (Å²) in [6.45, 7) is 13.5. The van der Waals surface area contributed by atoms with Crippen molar-refractivity contribution in [3.63, 3.8) is 0 Å². The number of amides is 2. The van der Waals surface area contributed by atoms with Crippen molar-refractivity contribution in [1.29, 1.82) is 5.26 Å². The van der Waals surface area contributed by atoms with E-state index >= 15 is 0 Å². The van der Waals surface area contributed by atoms with Crippen molar-refractivity contribution in [2.75, 3.05) is 74.5 Å². The molecule has 92 heavy (non-hydrogen) atoms. The Hall–Kier alpha value is -7.29. The number of nitrogens with zero attached hydrogens (tertiary/aromatic N) is 9. The fourth-order valence-electron chi connectivity index (χ4n) is 12.5. The fraction of sp³-hybridized carbons (Fsp3) is 0.548. The first-order valence-electron chi connectivity index (χ1n) is 30.8. The number of piperidine rings is 1. The van der Waals surface area contributed by atoms with Crippen LogP contribution >= 0.6 is 18.6 Å². The van der Waals surface area contributed by atoms with Crippen LogP contribution in [0.5, 0.6) is 17.5 Å². The second kappa shape index (κ2) is 28.9. The monoisotopic (exact) mass is 1330 g/mol. The average Bonchev–Trinajstić information content (AvgIpc) is 1.56. The predicted octanol–water partition coefficient (Wildman–Crippen LogP) is 7.35. The SMILES string of the molecule is CC(C)C(C(=O)N1C[C@H](OC(=O)OC(C)C(C)(C)SS(C)(=O)=O)C[C@H]1C(=O)N[C@@H](C)c1ccc(C#N)cc1)c1cc(OCCN2CCC(O[C@H]3C[C@H](Oc4cc(N5C6CCC5CN(c5cc(-c7ccccc7OCOP(=O)(O)O)nnc5N)C6)ccn4)C3)CC2)no1. The number of likely N-dealkylation sites (tertiary alicyclic amines) is 2. The summed E-state index contributed by atoms with van der Waals surface area (Å²) in [6.07, 6.45) is 5.35. The Balaban J connectivity index is 0.668. The number of carbonyl (C=O) groups excluding carboxylic acids is 3. The molecule has 5 aromatic rings. The largest absolute Gasteiger partial charge is 0.508 e. The molecule has 0 spiro atoms. The molecule has 5 fully saturated rings. The zero-order chi connectivity index (χ0) is 65.6. The van der Waals surface area contributed by atoms with Crippen LogP contribution in [-0.2, 0) is 41.8 Å². The summed E-state index contributed by atoms with van der Waals surface area (Å²) in [6, 6.07) is 22.2. The zero-order valence-electron chi connectivity index (χ0n) is 52.4. The summed E-state index contributed by atoms with van der Waals surface area (Å²) < 4.78 is 80.5. The number of nitrogens with two attached hydrogens (primary N) is 1. The number of benzene rings is 2. The molecule has 1 aliphatic carbocycles. The second-order valence-corrected chi connectivity index (χ2v) is 31.1. The Bertz CT molecular complexity index is 3600. The molecule has 4 saturated heterocycles. The lowest BCUT2D eigenvalue weighted by molar-refractivity contribution is -0.141. The minimum atomic E-state index is -4.73. The Labute approximate surface area is 538 Å². The van der Waals surface area contributed by atoms with E-state index in [9.17, 15) is 32.6 Å². The van der Waals surface area contributed by atoms with Gasteiger partial charge in [-0.25, -0.2) is 27.3 Å². The van der Waals surface area contributed by atoms with Crippen molar-refractivity contribution < 1.29 is 74.6 Å². The van der Waals surface area contributed by atoms with Gasteiger partial charge >= 0.3 is 14.0 Å². The van der Waals surface area contributed by atoms with E-state index in [1.54, 1.807) is 88.5 Å². The summed E-state index contributed by atoms with van der Waals surface area (Å²) in [5.74, 6) is -0.515. The van der Waals surface area contributed by atoms with Gasteiger partial charge < -0.3 is 68.5 Å². The molecular weight excluding hydrogens is 1250 g/mol. The van der Waals surface area contributed by atoms with Crippen molar-refractivity contribution in [1.82, 2.24) is 35.5 Å². The number of carbonyl (C=O) groups is 3. The third-order valence-corrected chi connectivity index (χ3v) is 21.2. The number of nitriles is 1. The summed E-state index contributed by atoms with van der Waals surface area (Å²) in [4.78, 5) is 73.3. The van der Waals surface area contributed by atoms with Gasteiger partial charge in [0.1, 0.15) is 42.6 Å². The molecule has 4 aliphatic heterocycles. The number of nitrogens with one attached hydrogen (secondary N) is 1. The van der Waals surface area contributed by atoms with Crippen LogP contribution in [0.1, 0.15) is 115 Å². The molecule has 7 atom stereocenters. The number of piperazine rings is 1. The van der Waals surface area contributed by atoms with Crippen LogP contribution in [-0.4, -0.2) is 179 Å². The highest BCUT2D eigenvalue weighted by molar-refractivity contribution is 8.72. The Kier molecular flexibility index (Phi) is 21.3. The lowest BCUT2D eigenvalue weighted by Crippen LogP contribution is -2.54. The molecule has 10 rings (SSSR count). The van der Waals surface area contributed by atoms with E-state index in [1.165, 1.54) is 4.90 Å². The maximum absolute atomic E-state index is 14.7. The van der Waals surface area contributed by atoms with Crippen LogP contribution < -0.4 is 35.1 Å². The van der Waals surface area contributed by atoms with E-state index in [2.05, 4.69) is 50.9 Å². The number of phosphoric ester groups is 1. The number of hydrogen-bond donors (Lipinski definition) is 4. The molecule has 30 heteroatoms. The lowest BCUT2D eigenvalue weighted by Gasteiger charge is -2.43. The first-order chi connectivity index (χ1) is 43.8. The van der Waals surface area contributed by atoms with E-state index in [0.717, 1.165) is 74.8 Å². The van der Waals surface area contributed by atoms with Crippen molar-refractivity contribution in [3.8, 4) is 34.8 Å². The number of nitrogen functional groups attached to an aromatic ring is 1. The van der Waals surface area contributed by atoms with E-state index in [-0.39, 0.29) is 60.9 Å². The number of fused-ring (bicyclic) bond motifs is 2. The molecule has 496 valence electrons. The van der Waals surface area contributed by atoms with Gasteiger partial charge in [-0.3, -0.25) is 14.5 Å². The minimum Gasteiger partial charge on any atom is -0.474 e. The van der Waals surface area contributed by atoms with Crippen LogP contribution in [0.2, 0.25) is 0 Å². The minimum absolute atomic E-state index is 0.0143. The normalized spacial score (nSPS) is 22.2. The zero-order valence-corrected chi connectivity index (χ0v) is 55.0. The van der Waals surface area contributed by atoms with Gasteiger partial charge in [0.05, 0.1) is 52.6 Å². The van der Waals surface area contributed by atoms with Gasteiger partial charge in [-0.1, -0.05) is 38.1 Å². The number of para-hydroxylation sites is 1. The number of anilines is 3. The van der Waals surface area contributed by atoms with Crippen LogP contribution in [0.4, 0.5) is 22.0 Å². The molecule has 2 amide bonds. The number of pyridine rings is 1. The van der Waals surface area contributed by atoms with Gasteiger partial charge in [0.2, 0.25) is 17.7 Å². The van der Waals surface area contributed by atoms with Crippen LogP contribution in [0.3, 0.4) is 0 Å². The molecule has 2 aromatic carbocycles. The fourth-order valence-corrected chi connectivity index (χ4v) is 16.4. The summed E-state index contributed by atoms with van der Waals surface area (Å²) in [5, 5.41) is 25.1. The summed E-state index contributed by atoms with van der Waals surface area (Å²) >= 11 is 0. The number of phosphoric acid groups is 1. The Morgan fingerprint density at radius 3 is 2.29 bits per heavy atom. The van der Waals surface area contributed by atoms with E-state index < -0.39 is 76.4 Å². The molecule has 27 nitrogen and oxygen atoms in total. The second-order valence-electron chi connectivity index (χ2n) is 24.9. The smallest absolute Gasteiger partial charge is 0.474 e. The number of aromatic nitrogens is 4. The molecular formula is C62H80N11O16PS2. The maximum Gasteiger partial charge on any atom is 0.508 e. The van der Waals surface area contributed by atoms with Crippen LogP contribution in [0.25, 0.3) is 11.3 Å². The van der Waals surface area contributed by atoms with E-state index in [0.29, 0.717) is 71.3 Å².